The molecule has 0 atom stereocenters. The lowest BCUT2D eigenvalue weighted by atomic mass is 10.1. The minimum absolute atomic E-state index is 0.107. The Kier molecular flexibility index (Phi) is 5.46. The van der Waals surface area contributed by atoms with Crippen molar-refractivity contribution in [2.75, 3.05) is 38.7 Å². The van der Waals surface area contributed by atoms with Gasteiger partial charge in [-0.3, -0.25) is 9.69 Å². The average Bonchev–Trinajstić information content (AvgIpc) is 2.63. The van der Waals surface area contributed by atoms with Crippen molar-refractivity contribution in [1.82, 2.24) is 4.90 Å². The second-order valence-corrected chi connectivity index (χ2v) is 5.77. The molecule has 2 aromatic carbocycles. The SMILES string of the molecule is COc1ccc(NC(=O)c2cccc(CN3CCOCC3)c2)cc1. The molecule has 3 rings (SSSR count). The Balaban J connectivity index is 1.64. The summed E-state index contributed by atoms with van der Waals surface area (Å²) in [4.78, 5) is 14.8. The van der Waals surface area contributed by atoms with Crippen molar-refractivity contribution in [3.05, 3.63) is 59.7 Å². The van der Waals surface area contributed by atoms with E-state index in [0.717, 1.165) is 49.8 Å². The van der Waals surface area contributed by atoms with Gasteiger partial charge in [0.1, 0.15) is 5.75 Å². The lowest BCUT2D eigenvalue weighted by Gasteiger charge is -2.26. The quantitative estimate of drug-likeness (QED) is 0.918. The van der Waals surface area contributed by atoms with Gasteiger partial charge in [-0.2, -0.15) is 0 Å². The Bertz CT molecular complexity index is 679. The Morgan fingerprint density at radius 2 is 1.92 bits per heavy atom. The molecule has 1 saturated heterocycles. The molecule has 0 saturated carbocycles. The van der Waals surface area contributed by atoms with Gasteiger partial charge in [-0.05, 0) is 42.0 Å². The Labute approximate surface area is 142 Å². The van der Waals surface area contributed by atoms with Gasteiger partial charge < -0.3 is 14.8 Å². The number of ether oxygens (including phenoxy) is 2. The third-order valence-corrected chi connectivity index (χ3v) is 4.05. The first-order chi connectivity index (χ1) is 11.7. The van der Waals surface area contributed by atoms with E-state index in [-0.39, 0.29) is 5.91 Å². The highest BCUT2D eigenvalue weighted by Gasteiger charge is 2.12. The third kappa shape index (κ3) is 4.34. The summed E-state index contributed by atoms with van der Waals surface area (Å²) in [5, 5.41) is 2.91. The first-order valence-corrected chi connectivity index (χ1v) is 8.09. The lowest BCUT2D eigenvalue weighted by Crippen LogP contribution is -2.35. The maximum Gasteiger partial charge on any atom is 0.255 e. The first-order valence-electron chi connectivity index (χ1n) is 8.09. The molecule has 0 bridgehead atoms. The van der Waals surface area contributed by atoms with Gasteiger partial charge in [0.25, 0.3) is 5.91 Å². The standard InChI is InChI=1S/C19H22N2O3/c1-23-18-7-5-17(6-8-18)20-19(22)16-4-2-3-15(13-16)14-21-9-11-24-12-10-21/h2-8,13H,9-12,14H2,1H3,(H,20,22). The van der Waals surface area contributed by atoms with Gasteiger partial charge in [0.05, 0.1) is 20.3 Å². The molecule has 5 nitrogen and oxygen atoms in total. The highest BCUT2D eigenvalue weighted by atomic mass is 16.5. The highest BCUT2D eigenvalue weighted by Crippen LogP contribution is 2.16. The molecule has 0 unspecified atom stereocenters. The Morgan fingerprint density at radius 3 is 2.62 bits per heavy atom. The van der Waals surface area contributed by atoms with Crippen molar-refractivity contribution < 1.29 is 14.3 Å². The molecule has 1 amide bonds. The smallest absolute Gasteiger partial charge is 0.255 e. The number of carbonyl (C=O) groups excluding carboxylic acids is 1. The topological polar surface area (TPSA) is 50.8 Å². The van der Waals surface area contributed by atoms with Gasteiger partial charge in [0.2, 0.25) is 0 Å². The number of anilines is 1. The van der Waals surface area contributed by atoms with E-state index in [1.807, 2.05) is 42.5 Å². The number of rotatable bonds is 5. The number of nitrogens with one attached hydrogen (secondary N) is 1. The normalized spacial score (nSPS) is 15.0. The number of hydrogen-bond donors (Lipinski definition) is 1. The summed E-state index contributed by atoms with van der Waals surface area (Å²) >= 11 is 0. The zero-order valence-electron chi connectivity index (χ0n) is 13.8. The summed E-state index contributed by atoms with van der Waals surface area (Å²) in [6.07, 6.45) is 0. The maximum absolute atomic E-state index is 12.4. The number of morpholine rings is 1. The molecule has 1 N–H and O–H groups in total. The second kappa shape index (κ2) is 7.95. The van der Waals surface area contributed by atoms with E-state index in [1.54, 1.807) is 7.11 Å². The van der Waals surface area contributed by atoms with Crippen LogP contribution in [0.4, 0.5) is 5.69 Å². The van der Waals surface area contributed by atoms with E-state index in [9.17, 15) is 4.79 Å². The molecule has 0 aromatic heterocycles. The van der Waals surface area contributed by atoms with E-state index in [4.69, 9.17) is 9.47 Å². The molecule has 24 heavy (non-hydrogen) atoms. The molecule has 1 aliphatic heterocycles. The number of benzene rings is 2. The van der Waals surface area contributed by atoms with Crippen molar-refractivity contribution in [1.29, 1.82) is 0 Å². The van der Waals surface area contributed by atoms with E-state index < -0.39 is 0 Å². The number of carbonyl (C=O) groups is 1. The van der Waals surface area contributed by atoms with Crippen molar-refractivity contribution in [2.45, 2.75) is 6.54 Å². The second-order valence-electron chi connectivity index (χ2n) is 5.77. The molecule has 0 radical (unpaired) electrons. The molecule has 1 fully saturated rings. The molecule has 5 heteroatoms. The van der Waals surface area contributed by atoms with Crippen LogP contribution in [0.5, 0.6) is 5.75 Å². The Morgan fingerprint density at radius 1 is 1.17 bits per heavy atom. The van der Waals surface area contributed by atoms with Gasteiger partial charge in [-0.15, -0.1) is 0 Å². The minimum Gasteiger partial charge on any atom is -0.497 e. The monoisotopic (exact) mass is 326 g/mol. The van der Waals surface area contributed by atoms with Crippen LogP contribution in [-0.2, 0) is 11.3 Å². The third-order valence-electron chi connectivity index (χ3n) is 4.05. The zero-order chi connectivity index (χ0) is 16.8. The van der Waals surface area contributed by atoms with Crippen LogP contribution in [0.3, 0.4) is 0 Å². The van der Waals surface area contributed by atoms with E-state index in [0.29, 0.717) is 5.56 Å². The summed E-state index contributed by atoms with van der Waals surface area (Å²) in [6, 6.07) is 15.1. The van der Waals surface area contributed by atoms with Crippen LogP contribution in [-0.4, -0.2) is 44.2 Å². The highest BCUT2D eigenvalue weighted by molar-refractivity contribution is 6.04. The molecular formula is C19H22N2O3. The van der Waals surface area contributed by atoms with Crippen LogP contribution in [0.1, 0.15) is 15.9 Å². The number of methoxy groups -OCH3 is 1. The number of amides is 1. The predicted octanol–water partition coefficient (Wildman–Crippen LogP) is 2.78. The van der Waals surface area contributed by atoms with Crippen LogP contribution >= 0.6 is 0 Å². The molecule has 1 heterocycles. The molecule has 0 spiro atoms. The predicted molar refractivity (Wildman–Crippen MR) is 93.5 cm³/mol. The fourth-order valence-corrected chi connectivity index (χ4v) is 2.71. The molecular weight excluding hydrogens is 304 g/mol. The molecule has 126 valence electrons. The average molecular weight is 326 g/mol. The van der Waals surface area contributed by atoms with Crippen LogP contribution in [0.25, 0.3) is 0 Å². The molecule has 1 aliphatic rings. The maximum atomic E-state index is 12.4. The van der Waals surface area contributed by atoms with E-state index >= 15 is 0 Å². The van der Waals surface area contributed by atoms with Crippen LogP contribution < -0.4 is 10.1 Å². The summed E-state index contributed by atoms with van der Waals surface area (Å²) < 4.78 is 10.5. The van der Waals surface area contributed by atoms with Crippen LogP contribution in [0, 0.1) is 0 Å². The largest absolute Gasteiger partial charge is 0.497 e. The van der Waals surface area contributed by atoms with E-state index in [1.165, 1.54) is 0 Å². The van der Waals surface area contributed by atoms with Crippen molar-refractivity contribution in [3.8, 4) is 5.75 Å². The first kappa shape index (κ1) is 16.5. The van der Waals surface area contributed by atoms with Gasteiger partial charge in [0.15, 0.2) is 0 Å². The van der Waals surface area contributed by atoms with Crippen molar-refractivity contribution in [3.63, 3.8) is 0 Å². The van der Waals surface area contributed by atoms with Gasteiger partial charge in [-0.1, -0.05) is 12.1 Å². The molecule has 2 aromatic rings. The van der Waals surface area contributed by atoms with Gasteiger partial charge in [-0.25, -0.2) is 0 Å². The minimum atomic E-state index is -0.107. The van der Waals surface area contributed by atoms with E-state index in [2.05, 4.69) is 16.3 Å². The van der Waals surface area contributed by atoms with Crippen LogP contribution in [0.15, 0.2) is 48.5 Å². The Hall–Kier alpha value is -2.37. The summed E-state index contributed by atoms with van der Waals surface area (Å²) in [6.45, 7) is 4.26. The summed E-state index contributed by atoms with van der Waals surface area (Å²) in [5.41, 5.74) is 2.55. The van der Waals surface area contributed by atoms with Gasteiger partial charge in [0, 0.05) is 30.9 Å². The fraction of sp³-hybridized carbons (Fsp3) is 0.316. The molecule has 0 aliphatic carbocycles. The van der Waals surface area contributed by atoms with Crippen molar-refractivity contribution in [2.24, 2.45) is 0 Å². The number of nitrogens with zero attached hydrogens (tertiary/aromatic N) is 1. The lowest BCUT2D eigenvalue weighted by molar-refractivity contribution is 0.0342. The number of hydrogen-bond acceptors (Lipinski definition) is 4. The van der Waals surface area contributed by atoms with Crippen LogP contribution in [0.2, 0.25) is 0 Å². The fourth-order valence-electron chi connectivity index (χ4n) is 2.71. The van der Waals surface area contributed by atoms with Gasteiger partial charge >= 0.3 is 0 Å². The summed E-state index contributed by atoms with van der Waals surface area (Å²) in [7, 11) is 1.62. The summed E-state index contributed by atoms with van der Waals surface area (Å²) in [5.74, 6) is 0.657. The zero-order valence-corrected chi connectivity index (χ0v) is 13.8. The van der Waals surface area contributed by atoms with Crippen molar-refractivity contribution >= 4 is 11.6 Å².